The van der Waals surface area contributed by atoms with Crippen molar-refractivity contribution in [3.8, 4) is 33.2 Å². The molecule has 1 atom stereocenters. The van der Waals surface area contributed by atoms with Gasteiger partial charge in [0, 0.05) is 29.8 Å². The lowest BCUT2D eigenvalue weighted by molar-refractivity contribution is 0.0547. The third kappa shape index (κ3) is 5.37. The highest BCUT2D eigenvalue weighted by Crippen LogP contribution is 2.41. The summed E-state index contributed by atoms with van der Waals surface area (Å²) in [6.07, 6.45) is 2.39. The van der Waals surface area contributed by atoms with Crippen molar-refractivity contribution in [1.82, 2.24) is 9.36 Å². The number of aryl methyl sites for hydroxylation is 1. The molecule has 0 radical (unpaired) electrons. The molecule has 2 N–H and O–H groups in total. The summed E-state index contributed by atoms with van der Waals surface area (Å²) in [7, 11) is 0. The van der Waals surface area contributed by atoms with Crippen LogP contribution in [0.1, 0.15) is 49.6 Å². The number of hydrogen-bond acceptors (Lipinski definition) is 6. The number of pyridine rings is 1. The molecular formula is C29H30N2O4S. The summed E-state index contributed by atoms with van der Waals surface area (Å²) in [5.74, 6) is 1.39. The van der Waals surface area contributed by atoms with Crippen LogP contribution >= 0.6 is 11.5 Å². The zero-order valence-electron chi connectivity index (χ0n) is 20.7. The van der Waals surface area contributed by atoms with Crippen molar-refractivity contribution >= 4 is 11.5 Å². The molecule has 0 saturated carbocycles. The molecule has 6 nitrogen and oxygen atoms in total. The molecule has 0 fully saturated rings. The van der Waals surface area contributed by atoms with Gasteiger partial charge in [-0.2, -0.15) is 0 Å². The fourth-order valence-corrected chi connectivity index (χ4v) is 5.28. The summed E-state index contributed by atoms with van der Waals surface area (Å²) in [5, 5.41) is 9.89. The first-order valence-corrected chi connectivity index (χ1v) is 13.0. The minimum Gasteiger partial charge on any atom is -0.486 e. The molecular weight excluding hydrogens is 472 g/mol. The molecule has 0 saturated heterocycles. The third-order valence-electron chi connectivity index (χ3n) is 6.47. The molecule has 2 aromatic heterocycles. The lowest BCUT2D eigenvalue weighted by Gasteiger charge is -2.18. The van der Waals surface area contributed by atoms with E-state index >= 15 is 0 Å². The van der Waals surface area contributed by atoms with Gasteiger partial charge in [0.05, 0.1) is 17.1 Å². The maximum absolute atomic E-state index is 11.4. The maximum Gasteiger partial charge on any atom is 0.258 e. The number of nitrogens with zero attached hydrogens (tertiary/aromatic N) is 1. The minimum absolute atomic E-state index is 0.00757. The highest BCUT2D eigenvalue weighted by Gasteiger charge is 2.27. The summed E-state index contributed by atoms with van der Waals surface area (Å²) in [4.78, 5) is 17.0. The summed E-state index contributed by atoms with van der Waals surface area (Å²) in [6, 6.07) is 19.9. The Morgan fingerprint density at radius 1 is 1.11 bits per heavy atom. The van der Waals surface area contributed by atoms with Gasteiger partial charge < -0.3 is 14.6 Å². The number of aromatic nitrogens is 2. The Morgan fingerprint density at radius 3 is 2.61 bits per heavy atom. The number of rotatable bonds is 8. The van der Waals surface area contributed by atoms with Crippen LogP contribution in [0.4, 0.5) is 0 Å². The maximum atomic E-state index is 11.4. The van der Waals surface area contributed by atoms with Crippen LogP contribution in [0.2, 0.25) is 0 Å². The van der Waals surface area contributed by atoms with E-state index in [1.54, 1.807) is 19.9 Å². The monoisotopic (exact) mass is 502 g/mol. The number of H-pyrrole nitrogens is 1. The predicted octanol–water partition coefficient (Wildman–Crippen LogP) is 6.08. The molecule has 36 heavy (non-hydrogen) atoms. The number of hydrogen-bond donors (Lipinski definition) is 2. The summed E-state index contributed by atoms with van der Waals surface area (Å²) in [6.45, 7) is 5.97. The SMILES string of the molecule is Cc1nc(OCCC(C)(C)O)ccc1-c1cccc2c1CCC2Oc1ccc(-c2cc(=O)[nH]s2)cc1. The first kappa shape index (κ1) is 24.3. The summed E-state index contributed by atoms with van der Waals surface area (Å²) >= 11 is 1.34. The van der Waals surface area contributed by atoms with E-state index in [0.29, 0.717) is 18.9 Å². The fourth-order valence-electron chi connectivity index (χ4n) is 4.59. The Labute approximate surface area is 214 Å². The lowest BCUT2D eigenvalue weighted by Crippen LogP contribution is -2.22. The topological polar surface area (TPSA) is 84.4 Å². The third-order valence-corrected chi connectivity index (χ3v) is 7.35. The van der Waals surface area contributed by atoms with Crippen molar-refractivity contribution < 1.29 is 14.6 Å². The van der Waals surface area contributed by atoms with Crippen LogP contribution in [0, 0.1) is 6.92 Å². The Bertz CT molecular complexity index is 1420. The van der Waals surface area contributed by atoms with Gasteiger partial charge in [-0.25, -0.2) is 4.98 Å². The van der Waals surface area contributed by atoms with Gasteiger partial charge in [-0.1, -0.05) is 29.7 Å². The number of fused-ring (bicyclic) bond motifs is 1. The van der Waals surface area contributed by atoms with E-state index in [0.717, 1.165) is 40.3 Å². The molecule has 2 aromatic carbocycles. The van der Waals surface area contributed by atoms with Gasteiger partial charge in [-0.3, -0.25) is 9.17 Å². The van der Waals surface area contributed by atoms with Gasteiger partial charge in [0.2, 0.25) is 5.88 Å². The quantitative estimate of drug-likeness (QED) is 0.305. The zero-order chi connectivity index (χ0) is 25.3. The zero-order valence-corrected chi connectivity index (χ0v) is 21.5. The molecule has 0 bridgehead atoms. The number of aliphatic hydroxyl groups is 1. The Balaban J connectivity index is 1.32. The fraction of sp³-hybridized carbons (Fsp3) is 0.310. The van der Waals surface area contributed by atoms with Crippen molar-refractivity contribution in [2.45, 2.75) is 51.7 Å². The number of aromatic amines is 1. The van der Waals surface area contributed by atoms with Crippen molar-refractivity contribution in [2.24, 2.45) is 0 Å². The Hall–Kier alpha value is -3.42. The highest BCUT2D eigenvalue weighted by molar-refractivity contribution is 7.09. The smallest absolute Gasteiger partial charge is 0.258 e. The van der Waals surface area contributed by atoms with Crippen LogP contribution < -0.4 is 15.0 Å². The molecule has 0 aliphatic heterocycles. The molecule has 5 rings (SSSR count). The number of nitrogens with one attached hydrogen (secondary N) is 1. The molecule has 1 unspecified atom stereocenters. The van der Waals surface area contributed by atoms with Crippen LogP contribution in [-0.2, 0) is 6.42 Å². The van der Waals surface area contributed by atoms with Gasteiger partial charge in [0.1, 0.15) is 11.9 Å². The second-order valence-corrected chi connectivity index (χ2v) is 10.7. The van der Waals surface area contributed by atoms with E-state index in [2.05, 4.69) is 33.6 Å². The van der Waals surface area contributed by atoms with Crippen LogP contribution in [0.3, 0.4) is 0 Å². The van der Waals surface area contributed by atoms with Crippen molar-refractivity contribution in [3.63, 3.8) is 0 Å². The normalized spacial score (nSPS) is 15.1. The average Bonchev–Trinajstić information content (AvgIpc) is 3.45. The first-order valence-electron chi connectivity index (χ1n) is 12.2. The van der Waals surface area contributed by atoms with Crippen molar-refractivity contribution in [2.75, 3.05) is 6.61 Å². The molecule has 0 amide bonds. The van der Waals surface area contributed by atoms with E-state index < -0.39 is 5.60 Å². The van der Waals surface area contributed by atoms with E-state index in [-0.39, 0.29) is 11.7 Å². The minimum atomic E-state index is -0.759. The second kappa shape index (κ2) is 9.91. The van der Waals surface area contributed by atoms with Gasteiger partial charge in [-0.15, -0.1) is 0 Å². The van der Waals surface area contributed by atoms with E-state index in [4.69, 9.17) is 9.47 Å². The summed E-state index contributed by atoms with van der Waals surface area (Å²) < 4.78 is 14.9. The van der Waals surface area contributed by atoms with Crippen LogP contribution in [-0.4, -0.2) is 26.7 Å². The molecule has 0 spiro atoms. The first-order chi connectivity index (χ1) is 17.3. The molecule has 186 valence electrons. The highest BCUT2D eigenvalue weighted by atomic mass is 32.1. The van der Waals surface area contributed by atoms with E-state index in [1.807, 2.05) is 37.3 Å². The van der Waals surface area contributed by atoms with Gasteiger partial charge in [0.25, 0.3) is 5.56 Å². The Morgan fingerprint density at radius 2 is 1.92 bits per heavy atom. The van der Waals surface area contributed by atoms with E-state index in [1.165, 1.54) is 28.2 Å². The van der Waals surface area contributed by atoms with Crippen LogP contribution in [0.25, 0.3) is 21.6 Å². The van der Waals surface area contributed by atoms with Crippen molar-refractivity contribution in [1.29, 1.82) is 0 Å². The predicted molar refractivity (Wildman–Crippen MR) is 143 cm³/mol. The van der Waals surface area contributed by atoms with Gasteiger partial charge >= 0.3 is 0 Å². The second-order valence-electron chi connectivity index (χ2n) is 9.81. The molecule has 4 aromatic rings. The number of benzene rings is 2. The standard InChI is InChI=1S/C29H30N2O4S/c1-18-21(12-14-28(30-18)34-16-15-29(2,3)33)22-5-4-6-24-23(22)11-13-25(24)35-20-9-7-19(8-10-20)26-17-27(32)31-36-26/h4-10,12,14,17,25,33H,11,13,15-16H2,1-3H3,(H,31,32). The summed E-state index contributed by atoms with van der Waals surface area (Å²) in [5.41, 5.74) is 5.87. The molecule has 1 aliphatic carbocycles. The lowest BCUT2D eigenvalue weighted by atomic mass is 9.96. The molecule has 2 heterocycles. The van der Waals surface area contributed by atoms with Gasteiger partial charge in [-0.05, 0) is 86.2 Å². The molecule has 1 aliphatic rings. The van der Waals surface area contributed by atoms with Crippen LogP contribution in [0.15, 0.2) is 65.5 Å². The largest absolute Gasteiger partial charge is 0.486 e. The molecule has 7 heteroatoms. The van der Waals surface area contributed by atoms with Crippen molar-refractivity contribution in [3.05, 3.63) is 87.8 Å². The average molecular weight is 503 g/mol. The Kier molecular flexibility index (Phi) is 6.69. The van der Waals surface area contributed by atoms with Crippen LogP contribution in [0.5, 0.6) is 11.6 Å². The van der Waals surface area contributed by atoms with Gasteiger partial charge in [0.15, 0.2) is 0 Å². The number of ether oxygens (including phenoxy) is 2. The van der Waals surface area contributed by atoms with E-state index in [9.17, 15) is 9.90 Å².